The van der Waals surface area contributed by atoms with Gasteiger partial charge < -0.3 is 13.8 Å². The average Bonchev–Trinajstić information content (AvgIpc) is 3.05. The molecule has 1 aliphatic heterocycles. The molecule has 0 N–H and O–H groups in total. The molecule has 0 aliphatic carbocycles. The van der Waals surface area contributed by atoms with Gasteiger partial charge in [0.1, 0.15) is 0 Å². The number of hydrogen-bond donors (Lipinski definition) is 0. The van der Waals surface area contributed by atoms with E-state index in [0.29, 0.717) is 37.7 Å². The van der Waals surface area contributed by atoms with Crippen LogP contribution in [0, 0.1) is 17.8 Å². The molecule has 0 amide bonds. The molecule has 1 heterocycles. The quantitative estimate of drug-likeness (QED) is 0.295. The number of rotatable bonds is 13. The summed E-state index contributed by atoms with van der Waals surface area (Å²) in [4.78, 5) is 0. The highest BCUT2D eigenvalue weighted by atomic mass is 31.2. The van der Waals surface area contributed by atoms with E-state index in [0.717, 1.165) is 31.5 Å². The molecular weight excluding hydrogens is 375 g/mol. The van der Waals surface area contributed by atoms with Crippen LogP contribution >= 0.6 is 7.60 Å². The van der Waals surface area contributed by atoms with Crippen LogP contribution in [0.2, 0.25) is 0 Å². The van der Waals surface area contributed by atoms with Gasteiger partial charge in [0, 0.05) is 19.4 Å². The number of hydrazone groups is 1. The average molecular weight is 419 g/mol. The molecule has 0 radical (unpaired) electrons. The SMILES string of the molecule is CCOP(=O)(OCC)[C@@H](C)[C@@H](C/C(=N/N1CCC[C@H]1COC)C(C)C)C(C)C. The number of ether oxygens (including phenoxy) is 1. The molecule has 1 saturated heterocycles. The molecule has 166 valence electrons. The minimum atomic E-state index is -3.15. The van der Waals surface area contributed by atoms with Crippen molar-refractivity contribution < 1.29 is 18.3 Å². The maximum absolute atomic E-state index is 13.4. The molecule has 6 nitrogen and oxygen atoms in total. The maximum Gasteiger partial charge on any atom is 0.333 e. The fourth-order valence-corrected chi connectivity index (χ4v) is 6.13. The second-order valence-corrected chi connectivity index (χ2v) is 10.8. The van der Waals surface area contributed by atoms with Gasteiger partial charge in [-0.2, -0.15) is 5.10 Å². The van der Waals surface area contributed by atoms with Gasteiger partial charge in [0.2, 0.25) is 0 Å². The monoisotopic (exact) mass is 418 g/mol. The topological polar surface area (TPSA) is 60.4 Å². The molecule has 0 aromatic heterocycles. The van der Waals surface area contributed by atoms with Crippen molar-refractivity contribution in [1.82, 2.24) is 5.01 Å². The number of nitrogens with zero attached hydrogens (tertiary/aromatic N) is 2. The Morgan fingerprint density at radius 1 is 1.14 bits per heavy atom. The van der Waals surface area contributed by atoms with E-state index in [2.05, 4.69) is 32.7 Å². The Morgan fingerprint density at radius 2 is 1.75 bits per heavy atom. The summed E-state index contributed by atoms with van der Waals surface area (Å²) in [7, 11) is -1.40. The van der Waals surface area contributed by atoms with Crippen LogP contribution in [-0.2, 0) is 18.3 Å². The molecular formula is C21H43N2O4P. The van der Waals surface area contributed by atoms with Gasteiger partial charge in [-0.05, 0) is 50.9 Å². The molecule has 0 saturated carbocycles. The van der Waals surface area contributed by atoms with Crippen LogP contribution in [0.5, 0.6) is 0 Å². The molecule has 0 aromatic carbocycles. The van der Waals surface area contributed by atoms with Gasteiger partial charge in [-0.3, -0.25) is 9.57 Å². The Balaban J connectivity index is 3.08. The van der Waals surface area contributed by atoms with Crippen LogP contribution in [0.3, 0.4) is 0 Å². The Bertz CT molecular complexity index is 515. The van der Waals surface area contributed by atoms with Crippen molar-refractivity contribution in [2.24, 2.45) is 22.9 Å². The van der Waals surface area contributed by atoms with Crippen LogP contribution < -0.4 is 0 Å². The van der Waals surface area contributed by atoms with Crippen molar-refractivity contribution in [2.45, 2.75) is 79.4 Å². The van der Waals surface area contributed by atoms with Crippen molar-refractivity contribution >= 4 is 13.3 Å². The van der Waals surface area contributed by atoms with Crippen molar-refractivity contribution in [3.05, 3.63) is 0 Å². The molecule has 1 rings (SSSR count). The zero-order valence-corrected chi connectivity index (χ0v) is 20.2. The third-order valence-corrected chi connectivity index (χ3v) is 8.28. The normalized spacial score (nSPS) is 21.0. The van der Waals surface area contributed by atoms with Gasteiger partial charge in [0.05, 0.1) is 31.5 Å². The minimum Gasteiger partial charge on any atom is -0.382 e. The highest BCUT2D eigenvalue weighted by Crippen LogP contribution is 2.57. The predicted octanol–water partition coefficient (Wildman–Crippen LogP) is 5.43. The first-order valence-electron chi connectivity index (χ1n) is 10.9. The van der Waals surface area contributed by atoms with E-state index in [-0.39, 0.29) is 11.6 Å². The molecule has 3 atom stereocenters. The van der Waals surface area contributed by atoms with Gasteiger partial charge in [-0.25, -0.2) is 0 Å². The summed E-state index contributed by atoms with van der Waals surface area (Å²) in [6.45, 7) is 17.0. The lowest BCUT2D eigenvalue weighted by Gasteiger charge is -2.34. The van der Waals surface area contributed by atoms with Gasteiger partial charge >= 0.3 is 7.60 Å². The lowest BCUT2D eigenvalue weighted by molar-refractivity contribution is 0.117. The summed E-state index contributed by atoms with van der Waals surface area (Å²) in [5.74, 6) is 0.853. The van der Waals surface area contributed by atoms with E-state index in [1.54, 1.807) is 7.11 Å². The Labute approximate surface area is 172 Å². The van der Waals surface area contributed by atoms with E-state index in [4.69, 9.17) is 18.9 Å². The Kier molecular flexibility index (Phi) is 11.3. The molecule has 1 aliphatic rings. The van der Waals surface area contributed by atoms with Gasteiger partial charge in [0.25, 0.3) is 0 Å². The van der Waals surface area contributed by atoms with Crippen LogP contribution in [-0.4, -0.2) is 55.9 Å². The van der Waals surface area contributed by atoms with E-state index < -0.39 is 7.60 Å². The van der Waals surface area contributed by atoms with Gasteiger partial charge in [0.15, 0.2) is 0 Å². The van der Waals surface area contributed by atoms with Crippen LogP contribution in [0.1, 0.15) is 67.7 Å². The molecule has 0 bridgehead atoms. The van der Waals surface area contributed by atoms with Crippen molar-refractivity contribution in [2.75, 3.05) is 33.5 Å². The number of hydrogen-bond acceptors (Lipinski definition) is 6. The summed E-state index contributed by atoms with van der Waals surface area (Å²) in [5.41, 5.74) is 0.984. The summed E-state index contributed by atoms with van der Waals surface area (Å²) >= 11 is 0. The molecule has 0 unspecified atom stereocenters. The molecule has 1 fully saturated rings. The first kappa shape index (κ1) is 25.6. The second-order valence-electron chi connectivity index (χ2n) is 8.39. The van der Waals surface area contributed by atoms with E-state index >= 15 is 0 Å². The maximum atomic E-state index is 13.4. The van der Waals surface area contributed by atoms with Crippen molar-refractivity contribution in [1.29, 1.82) is 0 Å². The standard InChI is InChI=1S/C21H43N2O4P/c1-9-26-28(24,27-10-2)18(7)20(16(3)4)14-21(17(5)6)22-23-13-11-12-19(23)15-25-8/h16-20H,9-15H2,1-8H3/b22-21-/t18-,19-,20-/m0/s1. The third-order valence-electron chi connectivity index (χ3n) is 5.67. The smallest absolute Gasteiger partial charge is 0.333 e. The van der Waals surface area contributed by atoms with Crippen LogP contribution in [0.25, 0.3) is 0 Å². The molecule has 0 aromatic rings. The lowest BCUT2D eigenvalue weighted by atomic mass is 9.85. The predicted molar refractivity (Wildman–Crippen MR) is 117 cm³/mol. The third kappa shape index (κ3) is 7.12. The van der Waals surface area contributed by atoms with Gasteiger partial charge in [-0.1, -0.05) is 34.6 Å². The van der Waals surface area contributed by atoms with Crippen molar-refractivity contribution in [3.8, 4) is 0 Å². The largest absolute Gasteiger partial charge is 0.382 e. The highest BCUT2D eigenvalue weighted by Gasteiger charge is 2.39. The number of methoxy groups -OCH3 is 1. The van der Waals surface area contributed by atoms with Crippen molar-refractivity contribution in [3.63, 3.8) is 0 Å². The minimum absolute atomic E-state index is 0.175. The van der Waals surface area contributed by atoms with Crippen LogP contribution in [0.15, 0.2) is 5.10 Å². The summed E-state index contributed by atoms with van der Waals surface area (Å²) in [6, 6.07) is 0.353. The van der Waals surface area contributed by atoms with E-state index in [9.17, 15) is 4.57 Å². The summed E-state index contributed by atoms with van der Waals surface area (Å²) in [5, 5.41) is 7.25. The summed E-state index contributed by atoms with van der Waals surface area (Å²) < 4.78 is 30.1. The Morgan fingerprint density at radius 3 is 2.21 bits per heavy atom. The zero-order valence-electron chi connectivity index (χ0n) is 19.3. The first-order chi connectivity index (χ1) is 13.2. The van der Waals surface area contributed by atoms with Gasteiger partial charge in [-0.15, -0.1) is 0 Å². The fraction of sp³-hybridized carbons (Fsp3) is 0.952. The highest BCUT2D eigenvalue weighted by molar-refractivity contribution is 7.54. The van der Waals surface area contributed by atoms with Crippen LogP contribution in [0.4, 0.5) is 0 Å². The molecule has 0 spiro atoms. The zero-order chi connectivity index (χ0) is 21.3. The molecule has 28 heavy (non-hydrogen) atoms. The first-order valence-corrected chi connectivity index (χ1v) is 12.5. The van der Waals surface area contributed by atoms with E-state index in [1.165, 1.54) is 0 Å². The Hall–Kier alpha value is -0.420. The summed E-state index contributed by atoms with van der Waals surface area (Å²) in [6.07, 6.45) is 3.07. The van der Waals surface area contributed by atoms with E-state index in [1.807, 2.05) is 20.8 Å². The molecule has 7 heteroatoms. The lowest BCUT2D eigenvalue weighted by Crippen LogP contribution is -2.33. The fourth-order valence-electron chi connectivity index (χ4n) is 3.94. The second kappa shape index (κ2) is 12.3.